The monoisotopic (exact) mass is 310 g/mol. The number of carbonyl (C=O) groups is 1. The molecule has 2 N–H and O–H groups in total. The van der Waals surface area contributed by atoms with E-state index < -0.39 is 0 Å². The van der Waals surface area contributed by atoms with Crippen LogP contribution in [0.15, 0.2) is 22.2 Å². The number of nitrogens with one attached hydrogen (secondary N) is 1. The molecule has 2 aromatic heterocycles. The molecule has 1 atom stereocenters. The number of thiazole rings is 1. The third-order valence-electron chi connectivity index (χ3n) is 2.93. The summed E-state index contributed by atoms with van der Waals surface area (Å²) in [4.78, 5) is 16.3. The maximum atomic E-state index is 11.8. The van der Waals surface area contributed by atoms with Crippen molar-refractivity contribution in [1.82, 2.24) is 10.3 Å². The Hall–Kier alpha value is -1.24. The van der Waals surface area contributed by atoms with Crippen LogP contribution in [0.5, 0.6) is 0 Å². The highest BCUT2D eigenvalue weighted by molar-refractivity contribution is 7.14. The Labute approximate surface area is 126 Å². The SMILES string of the molecule is CC(CCO)CNC(=O)Cc1csc(-c2ccsc2)n1. The van der Waals surface area contributed by atoms with Gasteiger partial charge >= 0.3 is 0 Å². The van der Waals surface area contributed by atoms with Crippen LogP contribution in [0.4, 0.5) is 0 Å². The van der Waals surface area contributed by atoms with E-state index in [-0.39, 0.29) is 12.5 Å². The maximum Gasteiger partial charge on any atom is 0.226 e. The number of hydrogen-bond acceptors (Lipinski definition) is 5. The average molecular weight is 310 g/mol. The van der Waals surface area contributed by atoms with Gasteiger partial charge in [-0.15, -0.1) is 11.3 Å². The zero-order chi connectivity index (χ0) is 14.4. The van der Waals surface area contributed by atoms with Crippen molar-refractivity contribution in [2.24, 2.45) is 5.92 Å². The normalized spacial score (nSPS) is 12.3. The number of hydrogen-bond donors (Lipinski definition) is 2. The van der Waals surface area contributed by atoms with Gasteiger partial charge in [0, 0.05) is 29.5 Å². The van der Waals surface area contributed by atoms with Crippen LogP contribution in [0, 0.1) is 5.92 Å². The minimum absolute atomic E-state index is 0.0167. The van der Waals surface area contributed by atoms with E-state index in [0.717, 1.165) is 16.3 Å². The zero-order valence-corrected chi connectivity index (χ0v) is 13.0. The van der Waals surface area contributed by atoms with E-state index in [1.54, 1.807) is 22.7 Å². The Morgan fingerprint density at radius 2 is 2.35 bits per heavy atom. The molecule has 0 fully saturated rings. The Kier molecular flexibility index (Phi) is 5.70. The zero-order valence-electron chi connectivity index (χ0n) is 11.3. The molecular formula is C14H18N2O2S2. The maximum absolute atomic E-state index is 11.8. The summed E-state index contributed by atoms with van der Waals surface area (Å²) in [5, 5.41) is 18.7. The molecule has 20 heavy (non-hydrogen) atoms. The molecule has 4 nitrogen and oxygen atoms in total. The lowest BCUT2D eigenvalue weighted by atomic mass is 10.1. The summed E-state index contributed by atoms with van der Waals surface area (Å²) in [5.74, 6) is 0.276. The molecule has 2 rings (SSSR count). The van der Waals surface area contributed by atoms with Crippen molar-refractivity contribution < 1.29 is 9.90 Å². The molecule has 0 saturated heterocycles. The van der Waals surface area contributed by atoms with Gasteiger partial charge in [0.05, 0.1) is 12.1 Å². The van der Waals surface area contributed by atoms with Crippen LogP contribution in [0.25, 0.3) is 10.6 Å². The quantitative estimate of drug-likeness (QED) is 0.826. The van der Waals surface area contributed by atoms with E-state index in [1.165, 1.54) is 0 Å². The number of carbonyl (C=O) groups excluding carboxylic acids is 1. The van der Waals surface area contributed by atoms with E-state index in [0.29, 0.717) is 25.3 Å². The molecule has 0 aliphatic carbocycles. The minimum atomic E-state index is -0.0167. The second kappa shape index (κ2) is 7.52. The molecule has 108 valence electrons. The van der Waals surface area contributed by atoms with Crippen molar-refractivity contribution in [3.8, 4) is 10.6 Å². The first kappa shape index (κ1) is 15.2. The molecule has 0 radical (unpaired) electrons. The summed E-state index contributed by atoms with van der Waals surface area (Å²) in [6.07, 6.45) is 1.02. The van der Waals surface area contributed by atoms with Crippen LogP contribution in [0.1, 0.15) is 19.0 Å². The molecule has 1 unspecified atom stereocenters. The van der Waals surface area contributed by atoms with Gasteiger partial charge in [0.2, 0.25) is 5.91 Å². The van der Waals surface area contributed by atoms with Gasteiger partial charge in [-0.2, -0.15) is 11.3 Å². The summed E-state index contributed by atoms with van der Waals surface area (Å²) >= 11 is 3.20. The fourth-order valence-electron chi connectivity index (χ4n) is 1.74. The van der Waals surface area contributed by atoms with Crippen molar-refractivity contribution in [3.63, 3.8) is 0 Å². The third kappa shape index (κ3) is 4.40. The van der Waals surface area contributed by atoms with Crippen LogP contribution in [0.3, 0.4) is 0 Å². The van der Waals surface area contributed by atoms with Gasteiger partial charge in [-0.25, -0.2) is 4.98 Å². The Balaban J connectivity index is 1.83. The second-order valence-electron chi connectivity index (χ2n) is 4.75. The molecule has 0 saturated carbocycles. The topological polar surface area (TPSA) is 62.2 Å². The van der Waals surface area contributed by atoms with E-state index in [2.05, 4.69) is 15.7 Å². The van der Waals surface area contributed by atoms with Crippen molar-refractivity contribution in [2.75, 3.05) is 13.2 Å². The number of amides is 1. The molecule has 2 aromatic rings. The number of nitrogens with zero attached hydrogens (tertiary/aromatic N) is 1. The van der Waals surface area contributed by atoms with E-state index in [9.17, 15) is 4.79 Å². The smallest absolute Gasteiger partial charge is 0.226 e. The van der Waals surface area contributed by atoms with Crippen molar-refractivity contribution in [2.45, 2.75) is 19.8 Å². The Bertz CT molecular complexity index is 537. The van der Waals surface area contributed by atoms with Gasteiger partial charge in [0.1, 0.15) is 5.01 Å². The van der Waals surface area contributed by atoms with Crippen LogP contribution < -0.4 is 5.32 Å². The van der Waals surface area contributed by atoms with Crippen molar-refractivity contribution >= 4 is 28.6 Å². The van der Waals surface area contributed by atoms with Crippen LogP contribution in [0.2, 0.25) is 0 Å². The predicted molar refractivity (Wildman–Crippen MR) is 83.0 cm³/mol. The van der Waals surface area contributed by atoms with Gasteiger partial charge in [0.25, 0.3) is 0 Å². The fraction of sp³-hybridized carbons (Fsp3) is 0.429. The molecule has 6 heteroatoms. The van der Waals surface area contributed by atoms with Gasteiger partial charge < -0.3 is 10.4 Å². The van der Waals surface area contributed by atoms with E-state index in [1.807, 2.05) is 23.8 Å². The summed E-state index contributed by atoms with van der Waals surface area (Å²) in [5.41, 5.74) is 1.92. The molecule has 0 aromatic carbocycles. The lowest BCUT2D eigenvalue weighted by Gasteiger charge is -2.10. The highest BCUT2D eigenvalue weighted by atomic mass is 32.1. The molecular weight excluding hydrogens is 292 g/mol. The first-order valence-electron chi connectivity index (χ1n) is 6.53. The average Bonchev–Trinajstić information content (AvgIpc) is 3.07. The molecule has 0 bridgehead atoms. The lowest BCUT2D eigenvalue weighted by Crippen LogP contribution is -2.30. The number of aliphatic hydroxyl groups excluding tert-OH is 1. The largest absolute Gasteiger partial charge is 0.396 e. The highest BCUT2D eigenvalue weighted by Gasteiger charge is 2.10. The highest BCUT2D eigenvalue weighted by Crippen LogP contribution is 2.25. The van der Waals surface area contributed by atoms with Crippen LogP contribution in [-0.2, 0) is 11.2 Å². The lowest BCUT2D eigenvalue weighted by molar-refractivity contribution is -0.120. The van der Waals surface area contributed by atoms with E-state index >= 15 is 0 Å². The molecule has 0 aliphatic rings. The minimum Gasteiger partial charge on any atom is -0.396 e. The van der Waals surface area contributed by atoms with E-state index in [4.69, 9.17) is 5.11 Å². The van der Waals surface area contributed by atoms with Gasteiger partial charge in [0.15, 0.2) is 0 Å². The fourth-order valence-corrected chi connectivity index (χ4v) is 3.28. The first-order valence-corrected chi connectivity index (χ1v) is 8.36. The van der Waals surface area contributed by atoms with Gasteiger partial charge in [-0.1, -0.05) is 6.92 Å². The standard InChI is InChI=1S/C14H18N2O2S2/c1-10(2-4-17)7-15-13(18)6-12-9-20-14(16-12)11-3-5-19-8-11/h3,5,8-10,17H,2,4,6-7H2,1H3,(H,15,18). The summed E-state index contributed by atoms with van der Waals surface area (Å²) in [6.45, 7) is 2.77. The predicted octanol–water partition coefficient (Wildman–Crippen LogP) is 2.55. The van der Waals surface area contributed by atoms with Gasteiger partial charge in [-0.05, 0) is 23.8 Å². The van der Waals surface area contributed by atoms with Crippen molar-refractivity contribution in [1.29, 1.82) is 0 Å². The number of thiophene rings is 1. The van der Waals surface area contributed by atoms with Crippen LogP contribution in [-0.4, -0.2) is 29.1 Å². The summed E-state index contributed by atoms with van der Waals surface area (Å²) in [6, 6.07) is 2.03. The summed E-state index contributed by atoms with van der Waals surface area (Å²) < 4.78 is 0. The van der Waals surface area contributed by atoms with Crippen molar-refractivity contribution in [3.05, 3.63) is 27.9 Å². The number of aliphatic hydroxyl groups is 1. The third-order valence-corrected chi connectivity index (χ3v) is 4.55. The Morgan fingerprint density at radius 3 is 3.05 bits per heavy atom. The number of aromatic nitrogens is 1. The summed E-state index contributed by atoms with van der Waals surface area (Å²) in [7, 11) is 0. The molecule has 0 spiro atoms. The molecule has 2 heterocycles. The van der Waals surface area contributed by atoms with Gasteiger partial charge in [-0.3, -0.25) is 4.79 Å². The first-order chi connectivity index (χ1) is 9.69. The second-order valence-corrected chi connectivity index (χ2v) is 6.39. The molecule has 0 aliphatic heterocycles. The molecule has 1 amide bonds. The Morgan fingerprint density at radius 1 is 1.50 bits per heavy atom. The number of rotatable bonds is 7. The van der Waals surface area contributed by atoms with Crippen LogP contribution >= 0.6 is 22.7 Å².